The SMILES string of the molecule is COc1ccc(CN2C(=O)CCN(c3coc4ccc(CN5CCN(C(=O)OC(C)(C)C)[C@@H](C)C5)cc34)C2=O)cc1. The van der Waals surface area contributed by atoms with Crippen molar-refractivity contribution in [2.24, 2.45) is 0 Å². The zero-order valence-electron chi connectivity index (χ0n) is 24.4. The number of anilines is 1. The monoisotopic (exact) mass is 562 g/mol. The zero-order valence-corrected chi connectivity index (χ0v) is 24.4. The summed E-state index contributed by atoms with van der Waals surface area (Å²) in [6, 6.07) is 13.0. The molecule has 218 valence electrons. The largest absolute Gasteiger partial charge is 0.497 e. The van der Waals surface area contributed by atoms with E-state index < -0.39 is 5.60 Å². The van der Waals surface area contributed by atoms with Gasteiger partial charge in [0.1, 0.15) is 23.2 Å². The Morgan fingerprint density at radius 1 is 1.00 bits per heavy atom. The maximum absolute atomic E-state index is 13.5. The molecule has 0 bridgehead atoms. The van der Waals surface area contributed by atoms with Crippen molar-refractivity contribution in [3.05, 3.63) is 59.9 Å². The zero-order chi connectivity index (χ0) is 29.3. The number of amides is 4. The normalized spacial score (nSPS) is 18.8. The van der Waals surface area contributed by atoms with E-state index in [9.17, 15) is 14.4 Å². The van der Waals surface area contributed by atoms with E-state index in [4.69, 9.17) is 13.9 Å². The lowest BCUT2D eigenvalue weighted by Crippen LogP contribution is -2.54. The Kier molecular flexibility index (Phi) is 7.95. The van der Waals surface area contributed by atoms with Gasteiger partial charge < -0.3 is 18.8 Å². The lowest BCUT2D eigenvalue weighted by Gasteiger charge is -2.40. The summed E-state index contributed by atoms with van der Waals surface area (Å²) >= 11 is 0. The number of fused-ring (bicyclic) bond motifs is 1. The standard InChI is InChI=1S/C31H38N4O6/c1-21-17-32(14-15-33(21)30(38)41-31(2,3)4)18-23-8-11-27-25(16-23)26(20-40-27)34-13-12-28(36)35(29(34)37)19-22-6-9-24(39-5)10-7-22/h6-11,16,20-21H,12-15,17-19H2,1-5H3/t21-/m0/s1. The van der Waals surface area contributed by atoms with Crippen LogP contribution in [-0.4, -0.2) is 77.7 Å². The summed E-state index contributed by atoms with van der Waals surface area (Å²) in [7, 11) is 1.60. The second-order valence-electron chi connectivity index (χ2n) is 11.7. The van der Waals surface area contributed by atoms with Crippen molar-refractivity contribution in [3.63, 3.8) is 0 Å². The number of carbonyl (C=O) groups excluding carboxylic acids is 3. The van der Waals surface area contributed by atoms with Gasteiger partial charge in [0.2, 0.25) is 5.91 Å². The molecule has 2 saturated heterocycles. The van der Waals surface area contributed by atoms with E-state index in [0.717, 1.165) is 29.6 Å². The molecule has 5 rings (SSSR count). The van der Waals surface area contributed by atoms with Crippen LogP contribution in [-0.2, 0) is 22.6 Å². The first-order valence-corrected chi connectivity index (χ1v) is 14.0. The van der Waals surface area contributed by atoms with Crippen molar-refractivity contribution >= 4 is 34.7 Å². The highest BCUT2D eigenvalue weighted by molar-refractivity contribution is 6.09. The summed E-state index contributed by atoms with van der Waals surface area (Å²) in [6.07, 6.45) is 1.54. The molecular formula is C31H38N4O6. The van der Waals surface area contributed by atoms with Crippen molar-refractivity contribution in [3.8, 4) is 5.75 Å². The Balaban J connectivity index is 1.29. The van der Waals surface area contributed by atoms with E-state index in [0.29, 0.717) is 36.7 Å². The third-order valence-electron chi connectivity index (χ3n) is 7.47. The highest BCUT2D eigenvalue weighted by Crippen LogP contribution is 2.33. The molecular weight excluding hydrogens is 524 g/mol. The molecule has 0 saturated carbocycles. The third-order valence-corrected chi connectivity index (χ3v) is 7.47. The van der Waals surface area contributed by atoms with Crippen molar-refractivity contribution in [1.82, 2.24) is 14.7 Å². The van der Waals surface area contributed by atoms with Gasteiger partial charge in [0.15, 0.2) is 0 Å². The van der Waals surface area contributed by atoms with Gasteiger partial charge in [-0.05, 0) is 63.1 Å². The summed E-state index contributed by atoms with van der Waals surface area (Å²) in [5, 5.41) is 0.829. The third kappa shape index (κ3) is 6.32. The number of nitrogens with zero attached hydrogens (tertiary/aromatic N) is 4. The Labute approximate surface area is 240 Å². The second kappa shape index (κ2) is 11.4. The van der Waals surface area contributed by atoms with E-state index in [1.807, 2.05) is 64.1 Å². The molecule has 10 nitrogen and oxygen atoms in total. The molecule has 1 aromatic heterocycles. The molecule has 2 aliphatic rings. The van der Waals surface area contributed by atoms with Crippen molar-refractivity contribution in [2.45, 2.75) is 58.8 Å². The number of hydrogen-bond donors (Lipinski definition) is 0. The van der Waals surface area contributed by atoms with Crippen molar-refractivity contribution in [2.75, 3.05) is 38.2 Å². The minimum Gasteiger partial charge on any atom is -0.497 e. The van der Waals surface area contributed by atoms with Crippen LogP contribution in [0, 0.1) is 0 Å². The van der Waals surface area contributed by atoms with E-state index in [-0.39, 0.29) is 37.0 Å². The Morgan fingerprint density at radius 2 is 1.73 bits per heavy atom. The first-order valence-electron chi connectivity index (χ1n) is 14.0. The number of hydrogen-bond acceptors (Lipinski definition) is 7. The molecule has 2 aromatic carbocycles. The molecule has 1 atom stereocenters. The number of benzene rings is 2. The maximum Gasteiger partial charge on any atom is 0.410 e. The Hall–Kier alpha value is -4.05. The van der Waals surface area contributed by atoms with Crippen LogP contribution in [0.5, 0.6) is 5.75 Å². The van der Waals surface area contributed by atoms with Crippen LogP contribution in [0.3, 0.4) is 0 Å². The number of furan rings is 1. The van der Waals surface area contributed by atoms with E-state index >= 15 is 0 Å². The molecule has 10 heteroatoms. The fraction of sp³-hybridized carbons (Fsp3) is 0.452. The molecule has 0 radical (unpaired) electrons. The number of piperazine rings is 1. The average molecular weight is 563 g/mol. The number of methoxy groups -OCH3 is 1. The smallest absolute Gasteiger partial charge is 0.410 e. The van der Waals surface area contributed by atoms with Gasteiger partial charge in [-0.2, -0.15) is 0 Å². The predicted molar refractivity (Wildman–Crippen MR) is 155 cm³/mol. The number of ether oxygens (including phenoxy) is 2. The van der Waals surface area contributed by atoms with Crippen LogP contribution >= 0.6 is 0 Å². The average Bonchev–Trinajstić information content (AvgIpc) is 3.33. The van der Waals surface area contributed by atoms with E-state index in [2.05, 4.69) is 11.0 Å². The van der Waals surface area contributed by atoms with Crippen LogP contribution in [0.2, 0.25) is 0 Å². The van der Waals surface area contributed by atoms with Crippen LogP contribution in [0.4, 0.5) is 15.3 Å². The van der Waals surface area contributed by atoms with Gasteiger partial charge >= 0.3 is 12.1 Å². The van der Waals surface area contributed by atoms with Crippen molar-refractivity contribution in [1.29, 1.82) is 0 Å². The molecule has 41 heavy (non-hydrogen) atoms. The fourth-order valence-electron chi connectivity index (χ4n) is 5.38. The topological polar surface area (TPSA) is 95.8 Å². The molecule has 3 aromatic rings. The summed E-state index contributed by atoms with van der Waals surface area (Å²) in [5.41, 5.74) is 2.73. The van der Waals surface area contributed by atoms with Gasteiger partial charge in [-0.3, -0.25) is 19.5 Å². The molecule has 2 fully saturated rings. The van der Waals surface area contributed by atoms with Gasteiger partial charge in [-0.1, -0.05) is 18.2 Å². The minimum absolute atomic E-state index is 0.0204. The van der Waals surface area contributed by atoms with Gasteiger partial charge in [-0.15, -0.1) is 0 Å². The van der Waals surface area contributed by atoms with Crippen LogP contribution < -0.4 is 9.64 Å². The number of rotatable bonds is 6. The fourth-order valence-corrected chi connectivity index (χ4v) is 5.38. The first kappa shape index (κ1) is 28.5. The van der Waals surface area contributed by atoms with Crippen LogP contribution in [0.1, 0.15) is 45.2 Å². The lowest BCUT2D eigenvalue weighted by atomic mass is 10.1. The highest BCUT2D eigenvalue weighted by Gasteiger charge is 2.35. The van der Waals surface area contributed by atoms with Gasteiger partial charge in [-0.25, -0.2) is 9.59 Å². The van der Waals surface area contributed by atoms with Crippen molar-refractivity contribution < 1.29 is 28.3 Å². The Bertz CT molecular complexity index is 1430. The molecule has 0 N–H and O–H groups in total. The quantitative estimate of drug-likeness (QED) is 0.405. The molecule has 3 heterocycles. The number of imide groups is 1. The van der Waals surface area contributed by atoms with E-state index in [1.54, 1.807) is 23.2 Å². The molecule has 0 spiro atoms. The first-order chi connectivity index (χ1) is 19.5. The predicted octanol–water partition coefficient (Wildman–Crippen LogP) is 5.24. The lowest BCUT2D eigenvalue weighted by molar-refractivity contribution is -0.129. The molecule has 0 aliphatic carbocycles. The van der Waals surface area contributed by atoms with Crippen LogP contribution in [0.15, 0.2) is 53.1 Å². The van der Waals surface area contributed by atoms with Gasteiger partial charge in [0, 0.05) is 50.6 Å². The number of urea groups is 1. The van der Waals surface area contributed by atoms with Gasteiger partial charge in [0.25, 0.3) is 0 Å². The summed E-state index contributed by atoms with van der Waals surface area (Å²) < 4.78 is 16.6. The summed E-state index contributed by atoms with van der Waals surface area (Å²) in [6.45, 7) is 10.9. The molecule has 2 aliphatic heterocycles. The Morgan fingerprint density at radius 3 is 2.41 bits per heavy atom. The molecule has 4 amide bonds. The summed E-state index contributed by atoms with van der Waals surface area (Å²) in [4.78, 5) is 45.9. The second-order valence-corrected chi connectivity index (χ2v) is 11.7. The van der Waals surface area contributed by atoms with Gasteiger partial charge in [0.05, 0.1) is 19.3 Å². The minimum atomic E-state index is -0.526. The van der Waals surface area contributed by atoms with Crippen LogP contribution in [0.25, 0.3) is 11.0 Å². The summed E-state index contributed by atoms with van der Waals surface area (Å²) in [5.74, 6) is 0.516. The number of carbonyl (C=O) groups is 3. The maximum atomic E-state index is 13.5. The molecule has 0 unspecified atom stereocenters. The highest BCUT2D eigenvalue weighted by atomic mass is 16.6. The van der Waals surface area contributed by atoms with E-state index in [1.165, 1.54) is 4.90 Å².